The summed E-state index contributed by atoms with van der Waals surface area (Å²) in [4.78, 5) is 0. The van der Waals surface area contributed by atoms with Crippen LogP contribution in [0.5, 0.6) is 0 Å². The van der Waals surface area contributed by atoms with Crippen molar-refractivity contribution in [2.75, 3.05) is 11.5 Å². The number of hydrogen-bond acceptors (Lipinski definition) is 6. The quantitative estimate of drug-likeness (QED) is 0.115. The van der Waals surface area contributed by atoms with Crippen molar-refractivity contribution in [1.29, 1.82) is 0 Å². The van der Waals surface area contributed by atoms with Crippen molar-refractivity contribution >= 4 is 20.2 Å². The van der Waals surface area contributed by atoms with Crippen molar-refractivity contribution < 1.29 is 45.4 Å². The summed E-state index contributed by atoms with van der Waals surface area (Å²) in [5.41, 5.74) is 0.885. The van der Waals surface area contributed by atoms with E-state index in [0.29, 0.717) is 11.8 Å². The second-order valence-corrected chi connectivity index (χ2v) is 22.2. The van der Waals surface area contributed by atoms with Gasteiger partial charge in [0.05, 0.1) is 20.2 Å². The van der Waals surface area contributed by atoms with Gasteiger partial charge in [0.25, 0.3) is 0 Å². The van der Waals surface area contributed by atoms with E-state index in [9.17, 15) is 25.9 Å². The van der Waals surface area contributed by atoms with Gasteiger partial charge in [-0.25, -0.2) is 16.8 Å². The molecule has 0 aliphatic carbocycles. The van der Waals surface area contributed by atoms with Gasteiger partial charge in [0, 0.05) is 11.5 Å². The molecule has 0 aromatic rings. The van der Waals surface area contributed by atoms with E-state index in [4.69, 9.17) is 0 Å². The van der Waals surface area contributed by atoms with Crippen LogP contribution in [0.15, 0.2) is 0 Å². The zero-order chi connectivity index (χ0) is 35.5. The van der Waals surface area contributed by atoms with Crippen molar-refractivity contribution in [3.63, 3.8) is 0 Å². The summed E-state index contributed by atoms with van der Waals surface area (Å²) in [6.07, 6.45) is 7.78. The molecule has 9 heteroatoms. The summed E-state index contributed by atoms with van der Waals surface area (Å²) < 4.78 is 67.4. The normalized spacial score (nSPS) is 17.6. The van der Waals surface area contributed by atoms with Gasteiger partial charge in [-0.15, -0.1) is 0 Å². The maximum absolute atomic E-state index is 11.2. The predicted molar refractivity (Wildman–Crippen MR) is 188 cm³/mol. The minimum atomic E-state index is -4.16. The van der Waals surface area contributed by atoms with Crippen LogP contribution in [0.2, 0.25) is 0 Å². The van der Waals surface area contributed by atoms with Crippen molar-refractivity contribution in [2.45, 2.75) is 162 Å². The molecule has 0 amide bonds. The maximum atomic E-state index is 11.2. The van der Waals surface area contributed by atoms with Crippen LogP contribution < -0.4 is 0 Å². The van der Waals surface area contributed by atoms with Gasteiger partial charge in [-0.2, -0.15) is 0 Å². The molecule has 6 nitrogen and oxygen atoms in total. The van der Waals surface area contributed by atoms with Crippen LogP contribution >= 0.6 is 0 Å². The Labute approximate surface area is 295 Å². The second kappa shape index (κ2) is 20.2. The monoisotopic (exact) mass is 730 g/mol. The molecule has 0 aromatic carbocycles. The van der Waals surface area contributed by atoms with E-state index >= 15 is 0 Å². The standard InChI is InChI=1S/2C18H38O3S.Zn/c2*1-14(11-17(3,4)5)9-10-16(13-22(19,20)21)15(2)12-18(6,7)8;/h2*14-16H,9-13H2,1-8H3,(H,19,20,21);/q;;+2/p-2. The van der Waals surface area contributed by atoms with Gasteiger partial charge < -0.3 is 9.11 Å². The van der Waals surface area contributed by atoms with Gasteiger partial charge in [0.1, 0.15) is 0 Å². The average Bonchev–Trinajstić information content (AvgIpc) is 2.67. The molecule has 6 unspecified atom stereocenters. The van der Waals surface area contributed by atoms with Crippen LogP contribution in [0.25, 0.3) is 0 Å². The fraction of sp³-hybridized carbons (Fsp3) is 1.00. The SMILES string of the molecule is CC(CCC(CS(=O)(=O)[O-])C(C)CC(C)(C)C)CC(C)(C)C.CC(CCC(CS(=O)(=O)[O-])C(C)CC(C)(C)C)CC(C)(C)C.[Zn+2]. The summed E-state index contributed by atoms with van der Waals surface area (Å²) >= 11 is 0. The van der Waals surface area contributed by atoms with E-state index < -0.39 is 20.2 Å². The van der Waals surface area contributed by atoms with Crippen molar-refractivity contribution in [2.24, 2.45) is 57.2 Å². The molecular weight excluding hydrogens is 658 g/mol. The zero-order valence-electron chi connectivity index (χ0n) is 32.5. The Morgan fingerprint density at radius 1 is 0.444 bits per heavy atom. The minimum absolute atomic E-state index is 0. The Morgan fingerprint density at radius 3 is 0.844 bits per heavy atom. The number of rotatable bonds is 16. The van der Waals surface area contributed by atoms with Crippen LogP contribution in [0.1, 0.15) is 162 Å². The van der Waals surface area contributed by atoms with Crippen molar-refractivity contribution in [1.82, 2.24) is 0 Å². The predicted octanol–water partition coefficient (Wildman–Crippen LogP) is 10.1. The van der Waals surface area contributed by atoms with Gasteiger partial charge in [0.15, 0.2) is 0 Å². The first-order valence-corrected chi connectivity index (χ1v) is 20.2. The van der Waals surface area contributed by atoms with Gasteiger partial charge in [-0.1, -0.05) is 124 Å². The van der Waals surface area contributed by atoms with Crippen molar-refractivity contribution in [3.8, 4) is 0 Å². The van der Waals surface area contributed by atoms with Gasteiger partial charge in [-0.05, 0) is 95.7 Å². The van der Waals surface area contributed by atoms with E-state index in [1.165, 1.54) is 0 Å². The molecule has 268 valence electrons. The van der Waals surface area contributed by atoms with E-state index in [2.05, 4.69) is 111 Å². The first-order valence-electron chi connectivity index (χ1n) is 17.1. The molecule has 0 saturated carbocycles. The molecule has 0 aliphatic rings. The fourth-order valence-electron chi connectivity index (χ4n) is 7.15. The van der Waals surface area contributed by atoms with Crippen LogP contribution in [0, 0.1) is 57.2 Å². The molecule has 0 saturated heterocycles. The van der Waals surface area contributed by atoms with Crippen LogP contribution in [0.4, 0.5) is 0 Å². The molecule has 0 aromatic heterocycles. The molecule has 0 aliphatic heterocycles. The zero-order valence-corrected chi connectivity index (χ0v) is 37.1. The number of hydrogen-bond donors (Lipinski definition) is 0. The maximum Gasteiger partial charge on any atom is 2.00 e. The van der Waals surface area contributed by atoms with Gasteiger partial charge >= 0.3 is 19.5 Å². The first-order chi connectivity index (χ1) is 19.2. The molecule has 0 N–H and O–H groups in total. The molecular formula is C36H74O6S2Zn. The van der Waals surface area contributed by atoms with Crippen LogP contribution in [0.3, 0.4) is 0 Å². The smallest absolute Gasteiger partial charge is 0.748 e. The van der Waals surface area contributed by atoms with Crippen LogP contribution in [-0.4, -0.2) is 37.4 Å². The third-order valence-electron chi connectivity index (χ3n) is 8.30. The van der Waals surface area contributed by atoms with E-state index in [1.807, 2.05) is 0 Å². The molecule has 6 atom stereocenters. The molecule has 0 rings (SSSR count). The Balaban J connectivity index is -0.000000767. The van der Waals surface area contributed by atoms with Crippen molar-refractivity contribution in [3.05, 3.63) is 0 Å². The average molecular weight is 733 g/mol. The first kappa shape index (κ1) is 49.8. The second-order valence-electron chi connectivity index (χ2n) is 19.3. The van der Waals surface area contributed by atoms with E-state index in [-0.39, 0.29) is 76.3 Å². The minimum Gasteiger partial charge on any atom is -0.748 e. The fourth-order valence-corrected chi connectivity index (χ4v) is 9.19. The van der Waals surface area contributed by atoms with E-state index in [0.717, 1.165) is 51.4 Å². The summed E-state index contributed by atoms with van der Waals surface area (Å²) in [7, 11) is -8.31. The Morgan fingerprint density at radius 2 is 0.667 bits per heavy atom. The van der Waals surface area contributed by atoms with Crippen LogP contribution in [-0.2, 0) is 39.7 Å². The summed E-state index contributed by atoms with van der Waals surface area (Å²) in [6.45, 7) is 35.0. The Hall–Kier alpha value is 0.443. The summed E-state index contributed by atoms with van der Waals surface area (Å²) in [5.74, 6) is 1.14. The molecule has 0 spiro atoms. The molecule has 0 radical (unpaired) electrons. The topological polar surface area (TPSA) is 114 Å². The largest absolute Gasteiger partial charge is 2.00 e. The molecule has 0 bridgehead atoms. The van der Waals surface area contributed by atoms with E-state index in [1.54, 1.807) is 0 Å². The third kappa shape index (κ3) is 34.1. The third-order valence-corrected chi connectivity index (χ3v) is 9.97. The summed E-state index contributed by atoms with van der Waals surface area (Å²) in [6, 6.07) is 0. The van der Waals surface area contributed by atoms with Gasteiger partial charge in [-0.3, -0.25) is 0 Å². The van der Waals surface area contributed by atoms with Gasteiger partial charge in [0.2, 0.25) is 0 Å². The summed E-state index contributed by atoms with van der Waals surface area (Å²) in [5, 5.41) is 0. The Kier molecular flexibility index (Phi) is 22.4. The Bertz CT molecular complexity index is 914. The molecule has 0 heterocycles. The molecule has 45 heavy (non-hydrogen) atoms. The molecule has 0 fully saturated rings.